The SMILES string of the molecule is CN1CCC(NC(=O)C(OC(=O)C(F)(F)F)n2cc3ccccc3n2)CC1c1nc2ccccc2[nH]1. The molecule has 1 amide bonds. The topological polar surface area (TPSA) is 105 Å². The third-order valence-electron chi connectivity index (χ3n) is 6.29. The van der Waals surface area contributed by atoms with Crippen molar-refractivity contribution in [3.05, 3.63) is 60.6 Å². The number of carbonyl (C=O) groups is 2. The summed E-state index contributed by atoms with van der Waals surface area (Å²) in [6, 6.07) is 13.8. The van der Waals surface area contributed by atoms with Crippen molar-refractivity contribution >= 4 is 33.8 Å². The van der Waals surface area contributed by atoms with Gasteiger partial charge < -0.3 is 15.0 Å². The number of esters is 1. The van der Waals surface area contributed by atoms with E-state index in [9.17, 15) is 22.8 Å². The summed E-state index contributed by atoms with van der Waals surface area (Å²) in [6.07, 6.45) is -4.79. The van der Waals surface area contributed by atoms with Crippen LogP contribution in [0.4, 0.5) is 13.2 Å². The van der Waals surface area contributed by atoms with E-state index in [0.29, 0.717) is 30.3 Å². The minimum atomic E-state index is -5.26. The van der Waals surface area contributed by atoms with Crippen LogP contribution in [0, 0.1) is 0 Å². The molecule has 2 aromatic carbocycles. The minimum absolute atomic E-state index is 0.153. The molecule has 3 heterocycles. The van der Waals surface area contributed by atoms with Crippen LogP contribution in [-0.4, -0.2) is 62.3 Å². The number of aromatic amines is 1. The molecule has 1 aliphatic heterocycles. The number of halogens is 3. The van der Waals surface area contributed by atoms with Gasteiger partial charge in [0.1, 0.15) is 5.82 Å². The fraction of sp³-hybridized carbons (Fsp3) is 0.333. The molecule has 2 aromatic heterocycles. The maximum atomic E-state index is 13.2. The first-order valence-corrected chi connectivity index (χ1v) is 11.4. The molecule has 0 spiro atoms. The molecule has 36 heavy (non-hydrogen) atoms. The molecule has 0 radical (unpaired) electrons. The van der Waals surface area contributed by atoms with Crippen molar-refractivity contribution in [2.24, 2.45) is 0 Å². The van der Waals surface area contributed by atoms with Crippen LogP contribution in [0.1, 0.15) is 30.9 Å². The first-order chi connectivity index (χ1) is 17.2. The molecule has 0 bridgehead atoms. The Labute approximate surface area is 203 Å². The number of nitrogens with zero attached hydrogens (tertiary/aromatic N) is 4. The monoisotopic (exact) mass is 500 g/mol. The standard InChI is InChI=1S/C24H23F3N6O3/c1-32-11-10-15(12-19(32)20-29-17-8-4-5-9-18(17)30-20)28-21(34)22(36-23(35)24(25,26)27)33-13-14-6-2-3-7-16(14)31-33/h2-9,13,15,19,22H,10-12H2,1H3,(H,28,34)(H,29,30). The molecule has 5 rings (SSSR count). The van der Waals surface area contributed by atoms with Gasteiger partial charge in [0.2, 0.25) is 0 Å². The van der Waals surface area contributed by atoms with Crippen LogP contribution >= 0.6 is 0 Å². The van der Waals surface area contributed by atoms with Gasteiger partial charge in [0, 0.05) is 24.2 Å². The lowest BCUT2D eigenvalue weighted by molar-refractivity contribution is -0.210. The summed E-state index contributed by atoms with van der Waals surface area (Å²) >= 11 is 0. The highest BCUT2D eigenvalue weighted by Gasteiger charge is 2.44. The average Bonchev–Trinajstić information content (AvgIpc) is 3.47. The molecule has 9 nitrogen and oxygen atoms in total. The Balaban J connectivity index is 1.37. The van der Waals surface area contributed by atoms with E-state index >= 15 is 0 Å². The number of para-hydroxylation sites is 2. The molecule has 3 unspecified atom stereocenters. The van der Waals surface area contributed by atoms with Crippen molar-refractivity contribution in [3.8, 4) is 0 Å². The highest BCUT2D eigenvalue weighted by molar-refractivity contribution is 5.85. The smallest absolute Gasteiger partial charge is 0.423 e. The van der Waals surface area contributed by atoms with Gasteiger partial charge in [-0.05, 0) is 38.1 Å². The number of nitrogens with one attached hydrogen (secondary N) is 2. The van der Waals surface area contributed by atoms with Gasteiger partial charge in [0.25, 0.3) is 12.1 Å². The first-order valence-electron chi connectivity index (χ1n) is 11.4. The van der Waals surface area contributed by atoms with Crippen LogP contribution < -0.4 is 5.32 Å². The summed E-state index contributed by atoms with van der Waals surface area (Å²) in [7, 11) is 1.94. The molecule has 1 saturated heterocycles. The van der Waals surface area contributed by atoms with E-state index in [-0.39, 0.29) is 12.1 Å². The summed E-state index contributed by atoms with van der Waals surface area (Å²) < 4.78 is 44.5. The fourth-order valence-corrected chi connectivity index (χ4v) is 4.44. The van der Waals surface area contributed by atoms with E-state index in [0.717, 1.165) is 21.5 Å². The molecule has 0 aliphatic carbocycles. The van der Waals surface area contributed by atoms with Crippen LogP contribution in [0.2, 0.25) is 0 Å². The third-order valence-corrected chi connectivity index (χ3v) is 6.29. The highest BCUT2D eigenvalue weighted by Crippen LogP contribution is 2.30. The Morgan fingerprint density at radius 1 is 1.14 bits per heavy atom. The quantitative estimate of drug-likeness (QED) is 0.407. The van der Waals surface area contributed by atoms with Crippen LogP contribution in [0.25, 0.3) is 21.9 Å². The Morgan fingerprint density at radius 3 is 2.58 bits per heavy atom. The zero-order chi connectivity index (χ0) is 25.4. The number of H-pyrrole nitrogens is 1. The van der Waals surface area contributed by atoms with Crippen LogP contribution in [0.15, 0.2) is 54.7 Å². The Morgan fingerprint density at radius 2 is 1.86 bits per heavy atom. The Kier molecular flexibility index (Phi) is 6.12. The number of amides is 1. The molecule has 1 aliphatic rings. The third kappa shape index (κ3) is 4.76. The van der Waals surface area contributed by atoms with Crippen molar-refractivity contribution in [1.29, 1.82) is 0 Å². The second kappa shape index (κ2) is 9.26. The van der Waals surface area contributed by atoms with Gasteiger partial charge in [-0.1, -0.05) is 30.3 Å². The van der Waals surface area contributed by atoms with Gasteiger partial charge in [-0.2, -0.15) is 18.3 Å². The van der Waals surface area contributed by atoms with E-state index < -0.39 is 24.3 Å². The number of fused-ring (bicyclic) bond motifs is 2. The van der Waals surface area contributed by atoms with Crippen LogP contribution in [0.3, 0.4) is 0 Å². The fourth-order valence-electron chi connectivity index (χ4n) is 4.44. The largest absolute Gasteiger partial charge is 0.491 e. The van der Waals surface area contributed by atoms with E-state index in [4.69, 9.17) is 0 Å². The molecular weight excluding hydrogens is 477 g/mol. The lowest BCUT2D eigenvalue weighted by Crippen LogP contribution is -2.48. The van der Waals surface area contributed by atoms with E-state index in [1.165, 1.54) is 6.20 Å². The van der Waals surface area contributed by atoms with Crippen molar-refractivity contribution < 1.29 is 27.5 Å². The van der Waals surface area contributed by atoms with Gasteiger partial charge in [-0.25, -0.2) is 14.5 Å². The second-order valence-corrected chi connectivity index (χ2v) is 8.79. The van der Waals surface area contributed by atoms with E-state index in [1.54, 1.807) is 24.3 Å². The lowest BCUT2D eigenvalue weighted by atomic mass is 9.97. The highest BCUT2D eigenvalue weighted by atomic mass is 19.4. The first kappa shape index (κ1) is 23.8. The number of ether oxygens (including phenoxy) is 1. The van der Waals surface area contributed by atoms with E-state index in [1.807, 2.05) is 31.3 Å². The van der Waals surface area contributed by atoms with E-state index in [2.05, 4.69) is 30.0 Å². The van der Waals surface area contributed by atoms with Crippen LogP contribution in [-0.2, 0) is 14.3 Å². The van der Waals surface area contributed by atoms with Crippen LogP contribution in [0.5, 0.6) is 0 Å². The molecule has 4 aromatic rings. The van der Waals surface area contributed by atoms with Crippen molar-refractivity contribution in [2.45, 2.75) is 37.3 Å². The van der Waals surface area contributed by atoms with Crippen molar-refractivity contribution in [3.63, 3.8) is 0 Å². The summed E-state index contributed by atoms with van der Waals surface area (Å²) in [5, 5.41) is 7.49. The number of carbonyl (C=O) groups excluding carboxylic acids is 2. The number of hydrogen-bond donors (Lipinski definition) is 2. The number of imidazole rings is 1. The summed E-state index contributed by atoms with van der Waals surface area (Å²) in [5.74, 6) is -2.62. The van der Waals surface area contributed by atoms with Gasteiger partial charge >= 0.3 is 12.1 Å². The number of rotatable bonds is 5. The summed E-state index contributed by atoms with van der Waals surface area (Å²) in [6.45, 7) is 0.616. The van der Waals surface area contributed by atoms with Gasteiger partial charge in [-0.3, -0.25) is 9.69 Å². The zero-order valence-corrected chi connectivity index (χ0v) is 19.2. The number of benzene rings is 2. The number of piperidine rings is 1. The Bertz CT molecular complexity index is 1350. The summed E-state index contributed by atoms with van der Waals surface area (Å²) in [5.41, 5.74) is 2.15. The predicted octanol–water partition coefficient (Wildman–Crippen LogP) is 3.47. The number of alkyl halides is 3. The normalized spacial score (nSPS) is 19.9. The molecular formula is C24H23F3N6O3. The minimum Gasteiger partial charge on any atom is -0.423 e. The molecule has 12 heteroatoms. The molecule has 2 N–H and O–H groups in total. The predicted molar refractivity (Wildman–Crippen MR) is 124 cm³/mol. The lowest BCUT2D eigenvalue weighted by Gasteiger charge is -2.36. The van der Waals surface area contributed by atoms with Gasteiger partial charge in [0.05, 0.1) is 22.6 Å². The number of aromatic nitrogens is 4. The molecule has 1 fully saturated rings. The molecule has 3 atom stereocenters. The summed E-state index contributed by atoms with van der Waals surface area (Å²) in [4.78, 5) is 34.9. The zero-order valence-electron chi connectivity index (χ0n) is 19.2. The maximum Gasteiger partial charge on any atom is 0.491 e. The number of hydrogen-bond acceptors (Lipinski definition) is 6. The van der Waals surface area contributed by atoms with Crippen molar-refractivity contribution in [1.82, 2.24) is 30.0 Å². The Hall–Kier alpha value is -3.93. The molecule has 0 saturated carbocycles. The van der Waals surface area contributed by atoms with Gasteiger partial charge in [-0.15, -0.1) is 0 Å². The average molecular weight is 500 g/mol. The maximum absolute atomic E-state index is 13.2. The molecule has 188 valence electrons. The number of likely N-dealkylation sites (tertiary alicyclic amines) is 1. The second-order valence-electron chi connectivity index (χ2n) is 8.79. The van der Waals surface area contributed by atoms with Crippen molar-refractivity contribution in [2.75, 3.05) is 13.6 Å². The van der Waals surface area contributed by atoms with Gasteiger partial charge in [0.15, 0.2) is 0 Å².